The summed E-state index contributed by atoms with van der Waals surface area (Å²) in [5, 5.41) is 10.5. The van der Waals surface area contributed by atoms with E-state index in [1.165, 1.54) is 108 Å². The predicted molar refractivity (Wildman–Crippen MR) is 210 cm³/mol. The second kappa shape index (κ2) is 9.89. The van der Waals surface area contributed by atoms with Crippen LogP contribution in [-0.4, -0.2) is 0 Å². The molecule has 0 unspecified atom stereocenters. The number of hydrogen-bond acceptors (Lipinski definition) is 1. The van der Waals surface area contributed by atoms with Gasteiger partial charge in [0.1, 0.15) is 0 Å². The van der Waals surface area contributed by atoms with Gasteiger partial charge in [0.05, 0.1) is 0 Å². The highest BCUT2D eigenvalue weighted by Crippen LogP contribution is 2.55. The van der Waals surface area contributed by atoms with Gasteiger partial charge in [-0.3, -0.25) is 0 Å². The van der Waals surface area contributed by atoms with E-state index in [0.717, 1.165) is 0 Å². The Balaban J connectivity index is 1.25. The lowest BCUT2D eigenvalue weighted by Crippen LogP contribution is -2.15. The number of hydrogen-bond donors (Lipinski definition) is 0. The Kier molecular flexibility index (Phi) is 5.73. The van der Waals surface area contributed by atoms with Crippen molar-refractivity contribution in [2.75, 3.05) is 0 Å². The van der Waals surface area contributed by atoms with Gasteiger partial charge >= 0.3 is 0 Å². The molecule has 0 saturated carbocycles. The number of fused-ring (bicyclic) bond motifs is 10. The SMILES string of the molecule is Cc1cc(C)c2c(c1)sc1c3c(ccc12)C(C)(C)c1cc(-c2c4ccccc4c(-c4cccc5ccccc45)c4ccccc24)ccc1-3. The normalized spacial score (nSPS) is 13.6. The molecule has 0 fully saturated rings. The summed E-state index contributed by atoms with van der Waals surface area (Å²) >= 11 is 1.96. The van der Waals surface area contributed by atoms with Crippen molar-refractivity contribution >= 4 is 63.8 Å². The quantitative estimate of drug-likeness (QED) is 0.167. The van der Waals surface area contributed by atoms with Crippen molar-refractivity contribution in [2.45, 2.75) is 33.1 Å². The fourth-order valence-electron chi connectivity index (χ4n) is 8.89. The Hall–Kier alpha value is -5.24. The van der Waals surface area contributed by atoms with Crippen LogP contribution >= 0.6 is 11.3 Å². The van der Waals surface area contributed by atoms with Crippen LogP contribution in [0.1, 0.15) is 36.1 Å². The summed E-state index contributed by atoms with van der Waals surface area (Å²) in [5.74, 6) is 0. The van der Waals surface area contributed by atoms with E-state index in [1.54, 1.807) is 0 Å². The fourth-order valence-corrected chi connectivity index (χ4v) is 10.3. The van der Waals surface area contributed by atoms with E-state index in [1.807, 2.05) is 11.3 Å². The van der Waals surface area contributed by atoms with E-state index in [2.05, 4.69) is 161 Å². The van der Waals surface area contributed by atoms with E-state index in [9.17, 15) is 0 Å². The van der Waals surface area contributed by atoms with Crippen molar-refractivity contribution in [1.82, 2.24) is 0 Å². The van der Waals surface area contributed by atoms with Gasteiger partial charge in [-0.05, 0) is 108 Å². The molecule has 1 aromatic heterocycles. The van der Waals surface area contributed by atoms with E-state index >= 15 is 0 Å². The van der Waals surface area contributed by atoms with Crippen LogP contribution in [-0.2, 0) is 5.41 Å². The molecule has 1 aliphatic rings. The molecule has 10 rings (SSSR count). The molecule has 0 spiro atoms. The number of thiophene rings is 1. The zero-order valence-corrected chi connectivity index (χ0v) is 28.4. The van der Waals surface area contributed by atoms with Gasteiger partial charge in [0.25, 0.3) is 0 Å². The third kappa shape index (κ3) is 3.71. The first-order valence-electron chi connectivity index (χ1n) is 16.9. The third-order valence-corrected chi connectivity index (χ3v) is 12.2. The van der Waals surface area contributed by atoms with Crippen molar-refractivity contribution in [3.8, 4) is 33.4 Å². The Morgan fingerprint density at radius 1 is 0.479 bits per heavy atom. The molecule has 0 amide bonds. The van der Waals surface area contributed by atoms with Crippen molar-refractivity contribution < 1.29 is 0 Å². The molecule has 1 heterocycles. The van der Waals surface area contributed by atoms with Crippen LogP contribution in [0.2, 0.25) is 0 Å². The highest BCUT2D eigenvalue weighted by Gasteiger charge is 2.37. The molecular weight excluding hydrogens is 597 g/mol. The average Bonchev–Trinajstić information content (AvgIpc) is 3.58. The van der Waals surface area contributed by atoms with Gasteiger partial charge in [-0.25, -0.2) is 0 Å². The second-order valence-corrected chi connectivity index (χ2v) is 15.2. The lowest BCUT2D eigenvalue weighted by Gasteiger charge is -2.23. The smallest absolute Gasteiger partial charge is 0.0437 e. The average molecular weight is 631 g/mol. The van der Waals surface area contributed by atoms with E-state index < -0.39 is 0 Å². The molecule has 48 heavy (non-hydrogen) atoms. The summed E-state index contributed by atoms with van der Waals surface area (Å²) in [5.41, 5.74) is 13.5. The molecule has 228 valence electrons. The van der Waals surface area contributed by atoms with Crippen LogP contribution in [0.25, 0.3) is 85.9 Å². The molecule has 1 aliphatic carbocycles. The van der Waals surface area contributed by atoms with E-state index in [0.29, 0.717) is 0 Å². The Labute approximate surface area is 284 Å². The minimum Gasteiger partial charge on any atom is -0.135 e. The largest absolute Gasteiger partial charge is 0.135 e. The third-order valence-electron chi connectivity index (χ3n) is 11.0. The summed E-state index contributed by atoms with van der Waals surface area (Å²) in [7, 11) is 0. The predicted octanol–water partition coefficient (Wildman–Crippen LogP) is 13.8. The molecule has 0 bridgehead atoms. The zero-order chi connectivity index (χ0) is 32.3. The monoisotopic (exact) mass is 630 g/mol. The molecule has 0 aliphatic heterocycles. The topological polar surface area (TPSA) is 0 Å². The van der Waals surface area contributed by atoms with Gasteiger partial charge in [-0.1, -0.05) is 135 Å². The van der Waals surface area contributed by atoms with Crippen LogP contribution in [0.5, 0.6) is 0 Å². The van der Waals surface area contributed by atoms with Gasteiger partial charge in [0.15, 0.2) is 0 Å². The Bertz CT molecular complexity index is 2760. The van der Waals surface area contributed by atoms with Gasteiger partial charge in [-0.2, -0.15) is 0 Å². The maximum atomic E-state index is 2.51. The fraction of sp³-hybridized carbons (Fsp3) is 0.106. The van der Waals surface area contributed by atoms with E-state index in [4.69, 9.17) is 0 Å². The summed E-state index contributed by atoms with van der Waals surface area (Å²) in [6, 6.07) is 50.3. The molecule has 1 heteroatoms. The first-order valence-corrected chi connectivity index (χ1v) is 17.8. The molecule has 0 N–H and O–H groups in total. The van der Waals surface area contributed by atoms with Crippen LogP contribution < -0.4 is 0 Å². The molecule has 0 saturated heterocycles. The summed E-state index contributed by atoms with van der Waals surface area (Å²) < 4.78 is 2.81. The highest BCUT2D eigenvalue weighted by atomic mass is 32.1. The van der Waals surface area contributed by atoms with Crippen LogP contribution in [0.15, 0.2) is 133 Å². The summed E-state index contributed by atoms with van der Waals surface area (Å²) in [6.45, 7) is 9.30. The molecule has 0 atom stereocenters. The summed E-state index contributed by atoms with van der Waals surface area (Å²) in [4.78, 5) is 0. The van der Waals surface area contributed by atoms with Gasteiger partial charge in [-0.15, -0.1) is 11.3 Å². The molecular formula is C47H34S. The lowest BCUT2D eigenvalue weighted by atomic mass is 9.80. The summed E-state index contributed by atoms with van der Waals surface area (Å²) in [6.07, 6.45) is 0. The van der Waals surface area contributed by atoms with Crippen LogP contribution in [0.4, 0.5) is 0 Å². The minimum atomic E-state index is -0.107. The van der Waals surface area contributed by atoms with Crippen molar-refractivity contribution in [3.05, 3.63) is 156 Å². The van der Waals surface area contributed by atoms with Crippen LogP contribution in [0.3, 0.4) is 0 Å². The number of aryl methyl sites for hydroxylation is 2. The van der Waals surface area contributed by atoms with Crippen LogP contribution in [0, 0.1) is 13.8 Å². The lowest BCUT2D eigenvalue weighted by molar-refractivity contribution is 0.661. The van der Waals surface area contributed by atoms with E-state index in [-0.39, 0.29) is 5.41 Å². The highest BCUT2D eigenvalue weighted by molar-refractivity contribution is 7.26. The first kappa shape index (κ1) is 27.8. The van der Waals surface area contributed by atoms with Gasteiger partial charge < -0.3 is 0 Å². The standard InChI is InChI=1S/C47H34S/c1-27-24-28(2)42-38-22-23-39-45(46(38)48-41(42)25-27)37-21-20-30(26-40(37)47(39,3)4)43-33-15-7-9-17-35(33)44(36-18-10-8-16-34(36)43)32-19-11-13-29-12-5-6-14-31(29)32/h5-26H,1-4H3. The van der Waals surface area contributed by atoms with Gasteiger partial charge in [0.2, 0.25) is 0 Å². The Morgan fingerprint density at radius 3 is 1.85 bits per heavy atom. The molecule has 0 nitrogen and oxygen atoms in total. The number of benzene rings is 8. The van der Waals surface area contributed by atoms with Crippen molar-refractivity contribution in [2.24, 2.45) is 0 Å². The Morgan fingerprint density at radius 2 is 1.12 bits per heavy atom. The zero-order valence-electron chi connectivity index (χ0n) is 27.6. The number of rotatable bonds is 2. The van der Waals surface area contributed by atoms with Gasteiger partial charge in [0, 0.05) is 31.2 Å². The molecule has 9 aromatic rings. The van der Waals surface area contributed by atoms with Crippen molar-refractivity contribution in [1.29, 1.82) is 0 Å². The maximum absolute atomic E-state index is 2.51. The minimum absolute atomic E-state index is 0.107. The van der Waals surface area contributed by atoms with Crippen molar-refractivity contribution in [3.63, 3.8) is 0 Å². The maximum Gasteiger partial charge on any atom is 0.0437 e. The second-order valence-electron chi connectivity index (χ2n) is 14.2. The molecule has 0 radical (unpaired) electrons. The molecule has 8 aromatic carbocycles. The first-order chi connectivity index (χ1) is 23.4.